The first-order chi connectivity index (χ1) is 28.7. The van der Waals surface area contributed by atoms with Crippen LogP contribution in [0.15, 0.2) is 221 Å². The van der Waals surface area contributed by atoms with Crippen LogP contribution in [0, 0.1) is 0 Å². The van der Waals surface area contributed by atoms with Gasteiger partial charge in [-0.05, 0) is 99.1 Å². The van der Waals surface area contributed by atoms with Gasteiger partial charge >= 0.3 is 0 Å². The van der Waals surface area contributed by atoms with Gasteiger partial charge in [-0.1, -0.05) is 152 Å². The SMILES string of the molecule is c1ccc(-c2ccc(N(c3ccc4c(c3)C(c3ccccc3)(c3ccc5c(c3)oc3ccccc35)c3ccccc3-4)c3ccc4c(c3)oc3ccccc34)cc2)cc1. The summed E-state index contributed by atoms with van der Waals surface area (Å²) in [6.07, 6.45) is 0. The number of anilines is 3. The normalized spacial score (nSPS) is 14.6. The van der Waals surface area contributed by atoms with E-state index in [-0.39, 0.29) is 0 Å². The Balaban J connectivity index is 1.11. The zero-order chi connectivity index (χ0) is 38.2. The van der Waals surface area contributed by atoms with Gasteiger partial charge in [-0.3, -0.25) is 0 Å². The van der Waals surface area contributed by atoms with Gasteiger partial charge in [0.05, 0.1) is 5.41 Å². The van der Waals surface area contributed by atoms with Gasteiger partial charge in [0.1, 0.15) is 22.3 Å². The highest BCUT2D eigenvalue weighted by Crippen LogP contribution is 2.58. The van der Waals surface area contributed by atoms with E-state index in [1.54, 1.807) is 0 Å². The lowest BCUT2D eigenvalue weighted by Crippen LogP contribution is -2.28. The van der Waals surface area contributed by atoms with E-state index in [1.165, 1.54) is 38.9 Å². The third kappa shape index (κ3) is 4.80. The summed E-state index contributed by atoms with van der Waals surface area (Å²) in [7, 11) is 0. The molecule has 1 atom stereocenters. The lowest BCUT2D eigenvalue weighted by Gasteiger charge is -2.35. The van der Waals surface area contributed by atoms with E-state index < -0.39 is 5.41 Å². The second kappa shape index (κ2) is 12.7. The van der Waals surface area contributed by atoms with Crippen molar-refractivity contribution in [1.82, 2.24) is 0 Å². The molecular formula is C55H35NO2. The van der Waals surface area contributed by atoms with Crippen LogP contribution >= 0.6 is 0 Å². The number of fused-ring (bicyclic) bond motifs is 9. The second-order valence-electron chi connectivity index (χ2n) is 15.2. The fraction of sp³-hybridized carbons (Fsp3) is 0.0182. The Morgan fingerprint density at radius 2 is 0.828 bits per heavy atom. The molecule has 9 aromatic carbocycles. The molecule has 1 aliphatic carbocycles. The van der Waals surface area contributed by atoms with Crippen LogP contribution in [-0.4, -0.2) is 0 Å². The maximum atomic E-state index is 6.57. The third-order valence-corrected chi connectivity index (χ3v) is 12.2. The van der Waals surface area contributed by atoms with E-state index in [1.807, 2.05) is 18.2 Å². The van der Waals surface area contributed by atoms with Crippen LogP contribution in [0.3, 0.4) is 0 Å². The molecule has 2 aromatic heterocycles. The highest BCUT2D eigenvalue weighted by atomic mass is 16.3. The van der Waals surface area contributed by atoms with Gasteiger partial charge in [-0.15, -0.1) is 0 Å². The van der Waals surface area contributed by atoms with Crippen LogP contribution in [0.5, 0.6) is 0 Å². The number of nitrogens with zero attached hydrogens (tertiary/aromatic N) is 1. The molecule has 0 fully saturated rings. The van der Waals surface area contributed by atoms with Crippen molar-refractivity contribution in [3.05, 3.63) is 235 Å². The van der Waals surface area contributed by atoms with Crippen LogP contribution in [0.25, 0.3) is 66.1 Å². The number of furan rings is 2. The summed E-state index contributed by atoms with van der Waals surface area (Å²) >= 11 is 0. The molecule has 2 heterocycles. The van der Waals surface area contributed by atoms with Gasteiger partial charge in [0, 0.05) is 44.7 Å². The predicted molar refractivity (Wildman–Crippen MR) is 238 cm³/mol. The maximum absolute atomic E-state index is 6.57. The van der Waals surface area contributed by atoms with Crippen molar-refractivity contribution in [3.8, 4) is 22.3 Å². The van der Waals surface area contributed by atoms with Crippen molar-refractivity contribution in [2.24, 2.45) is 0 Å². The number of rotatable bonds is 6. The quantitative estimate of drug-likeness (QED) is 0.170. The lowest BCUT2D eigenvalue weighted by atomic mass is 9.67. The summed E-state index contributed by atoms with van der Waals surface area (Å²) in [5.74, 6) is 0. The van der Waals surface area contributed by atoms with Gasteiger partial charge in [-0.2, -0.15) is 0 Å². The molecule has 1 unspecified atom stereocenters. The number of hydrogen-bond acceptors (Lipinski definition) is 3. The molecule has 0 saturated heterocycles. The van der Waals surface area contributed by atoms with E-state index >= 15 is 0 Å². The highest BCUT2D eigenvalue weighted by Gasteiger charge is 2.46. The summed E-state index contributed by atoms with van der Waals surface area (Å²) in [5, 5.41) is 4.47. The zero-order valence-electron chi connectivity index (χ0n) is 31.5. The molecule has 0 spiro atoms. The van der Waals surface area contributed by atoms with Crippen LogP contribution < -0.4 is 4.90 Å². The first-order valence-electron chi connectivity index (χ1n) is 19.8. The molecule has 11 aromatic rings. The Morgan fingerprint density at radius 1 is 0.310 bits per heavy atom. The molecule has 3 nitrogen and oxygen atoms in total. The van der Waals surface area contributed by atoms with Crippen molar-refractivity contribution >= 4 is 60.9 Å². The summed E-state index contributed by atoms with van der Waals surface area (Å²) in [6.45, 7) is 0. The molecule has 0 aliphatic heterocycles. The topological polar surface area (TPSA) is 29.5 Å². The Morgan fingerprint density at radius 3 is 1.57 bits per heavy atom. The fourth-order valence-corrected chi connectivity index (χ4v) is 9.58. The first kappa shape index (κ1) is 32.6. The Bertz CT molecular complexity index is 3340. The number of para-hydroxylation sites is 2. The molecule has 0 bridgehead atoms. The molecule has 12 rings (SSSR count). The molecule has 272 valence electrons. The van der Waals surface area contributed by atoms with Crippen LogP contribution in [-0.2, 0) is 5.41 Å². The average Bonchev–Trinajstić information content (AvgIpc) is 3.95. The van der Waals surface area contributed by atoms with Crippen molar-refractivity contribution in [2.45, 2.75) is 5.41 Å². The summed E-state index contributed by atoms with van der Waals surface area (Å²) < 4.78 is 13.0. The molecule has 3 heteroatoms. The van der Waals surface area contributed by atoms with Crippen molar-refractivity contribution < 1.29 is 8.83 Å². The smallest absolute Gasteiger partial charge is 0.137 e. The summed E-state index contributed by atoms with van der Waals surface area (Å²) in [4.78, 5) is 2.36. The van der Waals surface area contributed by atoms with Crippen molar-refractivity contribution in [3.63, 3.8) is 0 Å². The van der Waals surface area contributed by atoms with Crippen molar-refractivity contribution in [1.29, 1.82) is 0 Å². The summed E-state index contributed by atoms with van der Waals surface area (Å²) in [6, 6.07) is 76.3. The molecule has 0 amide bonds. The fourth-order valence-electron chi connectivity index (χ4n) is 9.58. The Hall–Kier alpha value is -7.62. The Kier molecular flexibility index (Phi) is 7.14. The lowest BCUT2D eigenvalue weighted by molar-refractivity contribution is 0.665. The molecule has 0 N–H and O–H groups in total. The van der Waals surface area contributed by atoms with Gasteiger partial charge < -0.3 is 13.7 Å². The van der Waals surface area contributed by atoms with E-state index in [0.717, 1.165) is 66.5 Å². The molecule has 0 radical (unpaired) electrons. The minimum Gasteiger partial charge on any atom is -0.456 e. The largest absolute Gasteiger partial charge is 0.456 e. The van der Waals surface area contributed by atoms with Crippen LogP contribution in [0.4, 0.5) is 17.1 Å². The standard InChI is InChI=1S/C55H35NO2/c1-3-13-36(14-4-1)37-23-26-40(27-24-37)56(42-29-32-48-46-19-9-12-22-52(46)58-54(48)35-42)41-28-31-44-43-17-7-10-20-49(43)55(50(44)34-41,38-15-5-2-6-16-38)39-25-30-47-45-18-8-11-21-51(45)57-53(47)33-39/h1-35H. The molecule has 0 saturated carbocycles. The van der Waals surface area contributed by atoms with Crippen LogP contribution in [0.1, 0.15) is 22.3 Å². The zero-order valence-corrected chi connectivity index (χ0v) is 31.5. The van der Waals surface area contributed by atoms with Gasteiger partial charge in [-0.25, -0.2) is 0 Å². The van der Waals surface area contributed by atoms with Crippen molar-refractivity contribution in [2.75, 3.05) is 4.90 Å². The molecular weight excluding hydrogens is 707 g/mol. The average molecular weight is 742 g/mol. The van der Waals surface area contributed by atoms with Gasteiger partial charge in [0.25, 0.3) is 0 Å². The monoisotopic (exact) mass is 741 g/mol. The van der Waals surface area contributed by atoms with E-state index in [4.69, 9.17) is 8.83 Å². The van der Waals surface area contributed by atoms with Crippen LogP contribution in [0.2, 0.25) is 0 Å². The number of hydrogen-bond donors (Lipinski definition) is 0. The number of benzene rings is 9. The first-order valence-corrected chi connectivity index (χ1v) is 19.8. The summed E-state index contributed by atoms with van der Waals surface area (Å²) in [5.41, 5.74) is 15.7. The maximum Gasteiger partial charge on any atom is 0.137 e. The second-order valence-corrected chi connectivity index (χ2v) is 15.2. The van der Waals surface area contributed by atoms with E-state index in [2.05, 4.69) is 199 Å². The third-order valence-electron chi connectivity index (χ3n) is 12.2. The van der Waals surface area contributed by atoms with Gasteiger partial charge in [0.15, 0.2) is 0 Å². The molecule has 1 aliphatic rings. The van der Waals surface area contributed by atoms with Gasteiger partial charge in [0.2, 0.25) is 0 Å². The minimum atomic E-state index is -0.623. The Labute approximate surface area is 335 Å². The molecule has 58 heavy (non-hydrogen) atoms. The predicted octanol–water partition coefficient (Wildman–Crippen LogP) is 15.0. The van der Waals surface area contributed by atoms with E-state index in [0.29, 0.717) is 0 Å². The minimum absolute atomic E-state index is 0.623. The highest BCUT2D eigenvalue weighted by molar-refractivity contribution is 6.07. The van der Waals surface area contributed by atoms with E-state index in [9.17, 15) is 0 Å².